The van der Waals surface area contributed by atoms with Gasteiger partial charge in [0, 0.05) is 24.0 Å². The summed E-state index contributed by atoms with van der Waals surface area (Å²) < 4.78 is 1.56. The summed E-state index contributed by atoms with van der Waals surface area (Å²) in [7, 11) is 0. The minimum atomic E-state index is -0.321. The molecule has 0 radical (unpaired) electrons. The van der Waals surface area contributed by atoms with Crippen LogP contribution in [0.25, 0.3) is 5.78 Å². The largest absolute Gasteiger partial charge is 0.396 e. The third-order valence-electron chi connectivity index (χ3n) is 2.99. The zero-order valence-electron chi connectivity index (χ0n) is 11.9. The number of hydrogen-bond donors (Lipinski definition) is 2. The van der Waals surface area contributed by atoms with Crippen molar-refractivity contribution in [3.05, 3.63) is 23.3 Å². The van der Waals surface area contributed by atoms with E-state index in [1.165, 1.54) is 0 Å². The van der Waals surface area contributed by atoms with Crippen molar-refractivity contribution in [3.63, 3.8) is 0 Å². The first kappa shape index (κ1) is 14.4. The summed E-state index contributed by atoms with van der Waals surface area (Å²) in [6.45, 7) is 5.77. The van der Waals surface area contributed by atoms with Gasteiger partial charge in [0.25, 0.3) is 11.7 Å². The standard InChI is InChI=1S/C13H19N5O2/c1-8(5-4-6-19)14-12(20)11-16-13-15-9(2)7-10(3)18(13)17-11/h7-8,19H,4-6H2,1-3H3,(H,14,20). The van der Waals surface area contributed by atoms with Crippen LogP contribution in [0.3, 0.4) is 0 Å². The molecule has 0 fully saturated rings. The first-order chi connectivity index (χ1) is 9.51. The second-order valence-electron chi connectivity index (χ2n) is 4.93. The van der Waals surface area contributed by atoms with Crippen molar-refractivity contribution in [3.8, 4) is 0 Å². The molecular formula is C13H19N5O2. The van der Waals surface area contributed by atoms with Gasteiger partial charge in [0.2, 0.25) is 5.82 Å². The Kier molecular flexibility index (Phi) is 4.29. The second-order valence-corrected chi connectivity index (χ2v) is 4.93. The molecular weight excluding hydrogens is 258 g/mol. The van der Waals surface area contributed by atoms with Crippen LogP contribution < -0.4 is 5.32 Å². The average molecular weight is 277 g/mol. The van der Waals surface area contributed by atoms with E-state index in [0.29, 0.717) is 18.6 Å². The molecule has 0 spiro atoms. The van der Waals surface area contributed by atoms with Gasteiger partial charge >= 0.3 is 0 Å². The van der Waals surface area contributed by atoms with Gasteiger partial charge in [0.1, 0.15) is 0 Å². The van der Waals surface area contributed by atoms with Crippen LogP contribution in [0.2, 0.25) is 0 Å². The van der Waals surface area contributed by atoms with E-state index in [-0.39, 0.29) is 24.4 Å². The van der Waals surface area contributed by atoms with Crippen molar-refractivity contribution in [1.29, 1.82) is 0 Å². The van der Waals surface area contributed by atoms with Crippen molar-refractivity contribution in [2.45, 2.75) is 39.7 Å². The summed E-state index contributed by atoms with van der Waals surface area (Å²) in [5.74, 6) is 0.218. The lowest BCUT2D eigenvalue weighted by Crippen LogP contribution is -2.33. The Morgan fingerprint density at radius 2 is 2.20 bits per heavy atom. The number of nitrogens with zero attached hydrogens (tertiary/aromatic N) is 4. The lowest BCUT2D eigenvalue weighted by Gasteiger charge is -2.11. The summed E-state index contributed by atoms with van der Waals surface area (Å²) in [6.07, 6.45) is 1.37. The number of carbonyl (C=O) groups excluding carboxylic acids is 1. The van der Waals surface area contributed by atoms with Crippen LogP contribution in [0.1, 0.15) is 41.8 Å². The quantitative estimate of drug-likeness (QED) is 0.836. The highest BCUT2D eigenvalue weighted by molar-refractivity contribution is 5.91. The monoisotopic (exact) mass is 277 g/mol. The normalized spacial score (nSPS) is 12.6. The van der Waals surface area contributed by atoms with Crippen LogP contribution in [-0.4, -0.2) is 43.2 Å². The molecule has 20 heavy (non-hydrogen) atoms. The summed E-state index contributed by atoms with van der Waals surface area (Å²) in [5, 5.41) is 15.7. The highest BCUT2D eigenvalue weighted by Crippen LogP contribution is 2.06. The molecule has 2 rings (SSSR count). The molecule has 2 N–H and O–H groups in total. The fourth-order valence-corrected chi connectivity index (χ4v) is 2.02. The molecule has 1 amide bonds. The van der Waals surface area contributed by atoms with Gasteiger partial charge < -0.3 is 10.4 Å². The van der Waals surface area contributed by atoms with Gasteiger partial charge in [-0.2, -0.15) is 4.98 Å². The highest BCUT2D eigenvalue weighted by atomic mass is 16.3. The average Bonchev–Trinajstić information content (AvgIpc) is 2.80. The maximum Gasteiger partial charge on any atom is 0.291 e. The molecule has 1 unspecified atom stereocenters. The molecule has 108 valence electrons. The van der Waals surface area contributed by atoms with Crippen molar-refractivity contribution < 1.29 is 9.90 Å². The Morgan fingerprint density at radius 1 is 1.45 bits per heavy atom. The van der Waals surface area contributed by atoms with Gasteiger partial charge in [-0.15, -0.1) is 5.10 Å². The molecule has 0 aliphatic carbocycles. The minimum Gasteiger partial charge on any atom is -0.396 e. The number of aryl methyl sites for hydroxylation is 2. The van der Waals surface area contributed by atoms with Crippen molar-refractivity contribution in [2.24, 2.45) is 0 Å². The summed E-state index contributed by atoms with van der Waals surface area (Å²) in [4.78, 5) is 20.4. The Bertz CT molecular complexity index is 622. The smallest absolute Gasteiger partial charge is 0.291 e. The molecule has 0 aliphatic heterocycles. The number of fused-ring (bicyclic) bond motifs is 1. The number of nitrogens with one attached hydrogen (secondary N) is 1. The number of aliphatic hydroxyl groups is 1. The third kappa shape index (κ3) is 3.11. The molecule has 1 atom stereocenters. The Labute approximate surface area is 117 Å². The van der Waals surface area contributed by atoms with Crippen LogP contribution in [0, 0.1) is 13.8 Å². The number of hydrogen-bond acceptors (Lipinski definition) is 5. The number of amides is 1. The molecule has 0 aromatic carbocycles. The molecule has 0 aliphatic rings. The van der Waals surface area contributed by atoms with E-state index >= 15 is 0 Å². The fraction of sp³-hybridized carbons (Fsp3) is 0.538. The third-order valence-corrected chi connectivity index (χ3v) is 2.99. The summed E-state index contributed by atoms with van der Waals surface area (Å²) in [6, 6.07) is 1.85. The predicted octanol–water partition coefficient (Wildman–Crippen LogP) is 0.632. The van der Waals surface area contributed by atoms with E-state index in [1.54, 1.807) is 4.52 Å². The van der Waals surface area contributed by atoms with E-state index < -0.39 is 0 Å². The van der Waals surface area contributed by atoms with Gasteiger partial charge in [-0.1, -0.05) is 0 Å². The van der Waals surface area contributed by atoms with Gasteiger partial charge in [-0.05, 0) is 39.7 Å². The van der Waals surface area contributed by atoms with E-state index in [9.17, 15) is 4.79 Å². The van der Waals surface area contributed by atoms with Gasteiger partial charge in [0.15, 0.2) is 0 Å². The molecule has 7 heteroatoms. The number of rotatable bonds is 5. The highest BCUT2D eigenvalue weighted by Gasteiger charge is 2.16. The fourth-order valence-electron chi connectivity index (χ4n) is 2.02. The molecule has 2 aromatic heterocycles. The Balaban J connectivity index is 2.16. The van der Waals surface area contributed by atoms with Gasteiger partial charge in [-0.25, -0.2) is 9.50 Å². The molecule has 2 aromatic rings. The maximum absolute atomic E-state index is 12.0. The Hall–Kier alpha value is -2.02. The number of aromatic nitrogens is 4. The predicted molar refractivity (Wildman–Crippen MR) is 73.5 cm³/mol. The van der Waals surface area contributed by atoms with Crippen molar-refractivity contribution in [2.75, 3.05) is 6.61 Å². The first-order valence-electron chi connectivity index (χ1n) is 6.64. The van der Waals surface area contributed by atoms with Crippen LogP contribution in [-0.2, 0) is 0 Å². The van der Waals surface area contributed by atoms with E-state index in [2.05, 4.69) is 20.4 Å². The van der Waals surface area contributed by atoms with Crippen molar-refractivity contribution in [1.82, 2.24) is 24.9 Å². The Morgan fingerprint density at radius 3 is 2.90 bits per heavy atom. The number of aliphatic hydroxyl groups excluding tert-OH is 1. The van der Waals surface area contributed by atoms with E-state index in [4.69, 9.17) is 5.11 Å². The zero-order chi connectivity index (χ0) is 14.7. The lowest BCUT2D eigenvalue weighted by atomic mass is 10.2. The molecule has 0 bridgehead atoms. The van der Waals surface area contributed by atoms with Crippen LogP contribution in [0.5, 0.6) is 0 Å². The lowest BCUT2D eigenvalue weighted by molar-refractivity contribution is 0.0926. The maximum atomic E-state index is 12.0. The molecule has 2 heterocycles. The second kappa shape index (κ2) is 5.96. The van der Waals surface area contributed by atoms with Crippen LogP contribution in [0.15, 0.2) is 6.07 Å². The van der Waals surface area contributed by atoms with Crippen LogP contribution >= 0.6 is 0 Å². The summed E-state index contributed by atoms with van der Waals surface area (Å²) in [5.41, 5.74) is 1.72. The van der Waals surface area contributed by atoms with Crippen LogP contribution in [0.4, 0.5) is 0 Å². The zero-order valence-corrected chi connectivity index (χ0v) is 11.9. The molecule has 0 saturated carbocycles. The van der Waals surface area contributed by atoms with E-state index in [0.717, 1.165) is 11.4 Å². The van der Waals surface area contributed by atoms with Gasteiger partial charge in [0.05, 0.1) is 0 Å². The summed E-state index contributed by atoms with van der Waals surface area (Å²) >= 11 is 0. The van der Waals surface area contributed by atoms with E-state index in [1.807, 2.05) is 26.8 Å². The van der Waals surface area contributed by atoms with Crippen molar-refractivity contribution >= 4 is 11.7 Å². The molecule has 0 saturated heterocycles. The SMILES string of the molecule is Cc1cc(C)n2nc(C(=O)NC(C)CCCO)nc2n1. The molecule has 7 nitrogen and oxygen atoms in total. The first-order valence-corrected chi connectivity index (χ1v) is 6.64. The topological polar surface area (TPSA) is 92.4 Å². The van der Waals surface area contributed by atoms with Gasteiger partial charge in [-0.3, -0.25) is 4.79 Å². The minimum absolute atomic E-state index is 0.0305. The number of carbonyl (C=O) groups is 1.